The Bertz CT molecular complexity index is 771. The number of methoxy groups -OCH3 is 2. The van der Waals surface area contributed by atoms with Gasteiger partial charge in [-0.05, 0) is 30.5 Å². The van der Waals surface area contributed by atoms with Gasteiger partial charge in [0.15, 0.2) is 11.5 Å². The molecular weight excluding hydrogens is 352 g/mol. The van der Waals surface area contributed by atoms with E-state index in [-0.39, 0.29) is 11.9 Å². The molecule has 0 atom stereocenters. The minimum absolute atomic E-state index is 0.147. The summed E-state index contributed by atoms with van der Waals surface area (Å²) in [7, 11) is 3.24. The lowest BCUT2D eigenvalue weighted by molar-refractivity contribution is -0.119. The second kappa shape index (κ2) is 9.60. The molecule has 5 heteroatoms. The third kappa shape index (κ3) is 4.65. The van der Waals surface area contributed by atoms with Crippen molar-refractivity contribution in [2.24, 2.45) is 0 Å². The summed E-state index contributed by atoms with van der Waals surface area (Å²) in [5.74, 6) is 1.47. The Morgan fingerprint density at radius 3 is 2.32 bits per heavy atom. The fourth-order valence-corrected chi connectivity index (χ4v) is 3.88. The second-order valence-electron chi connectivity index (χ2n) is 7.15. The largest absolute Gasteiger partial charge is 0.493 e. The molecule has 1 heterocycles. The highest BCUT2D eigenvalue weighted by Crippen LogP contribution is 2.34. The van der Waals surface area contributed by atoms with Crippen LogP contribution in [0.4, 0.5) is 5.69 Å². The number of likely N-dealkylation sites (tertiary alicyclic amines) is 1. The predicted octanol–water partition coefficient (Wildman–Crippen LogP) is 4.11. The average molecular weight is 383 g/mol. The summed E-state index contributed by atoms with van der Waals surface area (Å²) in [5, 5.41) is 0. The van der Waals surface area contributed by atoms with Crippen LogP contribution in [0.25, 0.3) is 0 Å². The highest BCUT2D eigenvalue weighted by molar-refractivity contribution is 5.94. The van der Waals surface area contributed by atoms with Gasteiger partial charge in [-0.1, -0.05) is 37.3 Å². The lowest BCUT2D eigenvalue weighted by Crippen LogP contribution is -2.47. The Kier molecular flexibility index (Phi) is 6.93. The van der Waals surface area contributed by atoms with Crippen LogP contribution in [0.3, 0.4) is 0 Å². The third-order valence-corrected chi connectivity index (χ3v) is 5.39. The van der Waals surface area contributed by atoms with Gasteiger partial charge in [-0.25, -0.2) is 0 Å². The van der Waals surface area contributed by atoms with E-state index < -0.39 is 0 Å². The van der Waals surface area contributed by atoms with Crippen LogP contribution in [0.5, 0.6) is 11.5 Å². The molecule has 1 fully saturated rings. The predicted molar refractivity (Wildman–Crippen MR) is 112 cm³/mol. The highest BCUT2D eigenvalue weighted by atomic mass is 16.5. The van der Waals surface area contributed by atoms with E-state index in [0.717, 1.165) is 38.2 Å². The van der Waals surface area contributed by atoms with Crippen LogP contribution < -0.4 is 14.4 Å². The van der Waals surface area contributed by atoms with Crippen molar-refractivity contribution >= 4 is 11.6 Å². The first-order valence-corrected chi connectivity index (χ1v) is 9.96. The number of hydrogen-bond acceptors (Lipinski definition) is 4. The van der Waals surface area contributed by atoms with Gasteiger partial charge in [0.2, 0.25) is 5.91 Å². The molecule has 1 aliphatic heterocycles. The highest BCUT2D eigenvalue weighted by Gasteiger charge is 2.29. The zero-order chi connectivity index (χ0) is 19.9. The standard InChI is InChI=1S/C23H30N2O3/c1-4-23(26)25(20-10-11-21(27-2)22(16-20)28-3)19-12-14-24(15-13-19)17-18-8-6-5-7-9-18/h5-11,16,19H,4,12-15,17H2,1-3H3. The van der Waals surface area contributed by atoms with E-state index in [0.29, 0.717) is 17.9 Å². The normalized spacial score (nSPS) is 15.2. The summed E-state index contributed by atoms with van der Waals surface area (Å²) in [5.41, 5.74) is 2.22. The van der Waals surface area contributed by atoms with Gasteiger partial charge >= 0.3 is 0 Å². The van der Waals surface area contributed by atoms with Crippen LogP contribution in [-0.2, 0) is 11.3 Å². The summed E-state index contributed by atoms with van der Waals surface area (Å²) in [4.78, 5) is 17.2. The van der Waals surface area contributed by atoms with Crippen molar-refractivity contribution in [3.63, 3.8) is 0 Å². The van der Waals surface area contributed by atoms with Crippen LogP contribution in [-0.4, -0.2) is 44.2 Å². The minimum Gasteiger partial charge on any atom is -0.493 e. The van der Waals surface area contributed by atoms with Crippen LogP contribution in [0.15, 0.2) is 48.5 Å². The Morgan fingerprint density at radius 1 is 1.04 bits per heavy atom. The van der Waals surface area contributed by atoms with Gasteiger partial charge in [-0.15, -0.1) is 0 Å². The van der Waals surface area contributed by atoms with Crippen LogP contribution in [0, 0.1) is 0 Å². The number of amides is 1. The van der Waals surface area contributed by atoms with Crippen molar-refractivity contribution in [3.8, 4) is 11.5 Å². The van der Waals surface area contributed by atoms with Gasteiger partial charge in [0.1, 0.15) is 0 Å². The molecule has 0 spiro atoms. The molecule has 0 saturated carbocycles. The van der Waals surface area contributed by atoms with Crippen molar-refractivity contribution in [1.29, 1.82) is 0 Å². The lowest BCUT2D eigenvalue weighted by atomic mass is 10.0. The molecule has 0 unspecified atom stereocenters. The molecular formula is C23H30N2O3. The van der Waals surface area contributed by atoms with Gasteiger partial charge in [0.25, 0.3) is 0 Å². The minimum atomic E-state index is 0.147. The van der Waals surface area contributed by atoms with Gasteiger partial charge in [0.05, 0.1) is 14.2 Å². The zero-order valence-corrected chi connectivity index (χ0v) is 17.1. The van der Waals surface area contributed by atoms with Gasteiger partial charge in [-0.2, -0.15) is 0 Å². The monoisotopic (exact) mass is 382 g/mol. The Labute approximate surface area is 167 Å². The van der Waals surface area contributed by atoms with E-state index in [1.807, 2.05) is 36.1 Å². The van der Waals surface area contributed by atoms with Crippen molar-refractivity contribution in [2.75, 3.05) is 32.2 Å². The molecule has 0 aliphatic carbocycles. The molecule has 0 bridgehead atoms. The average Bonchev–Trinajstić information content (AvgIpc) is 2.75. The number of rotatable bonds is 7. The SMILES string of the molecule is CCC(=O)N(c1ccc(OC)c(OC)c1)C1CCN(Cc2ccccc2)CC1. The lowest BCUT2D eigenvalue weighted by Gasteiger charge is -2.38. The molecule has 0 radical (unpaired) electrons. The molecule has 1 aliphatic rings. The number of hydrogen-bond donors (Lipinski definition) is 0. The van der Waals surface area contributed by atoms with Gasteiger partial charge < -0.3 is 14.4 Å². The summed E-state index contributed by atoms with van der Waals surface area (Å²) in [6, 6.07) is 16.5. The first-order valence-electron chi connectivity index (χ1n) is 9.96. The molecule has 1 amide bonds. The van der Waals surface area contributed by atoms with E-state index in [9.17, 15) is 4.79 Å². The number of benzene rings is 2. The molecule has 28 heavy (non-hydrogen) atoms. The van der Waals surface area contributed by atoms with Crippen molar-refractivity contribution in [3.05, 3.63) is 54.1 Å². The van der Waals surface area contributed by atoms with E-state index in [1.54, 1.807) is 14.2 Å². The smallest absolute Gasteiger partial charge is 0.226 e. The molecule has 0 N–H and O–H groups in total. The molecule has 3 rings (SSSR count). The van der Waals surface area contributed by atoms with E-state index in [1.165, 1.54) is 5.56 Å². The van der Waals surface area contributed by atoms with E-state index in [2.05, 4.69) is 29.2 Å². The number of anilines is 1. The summed E-state index contributed by atoms with van der Waals surface area (Å²) in [6.07, 6.45) is 2.42. The Hall–Kier alpha value is -2.53. The first kappa shape index (κ1) is 20.2. The van der Waals surface area contributed by atoms with Gasteiger partial charge in [-0.3, -0.25) is 9.69 Å². The Balaban J connectivity index is 1.72. The van der Waals surface area contributed by atoms with Crippen molar-refractivity contribution < 1.29 is 14.3 Å². The van der Waals surface area contributed by atoms with Crippen LogP contribution in [0.2, 0.25) is 0 Å². The maximum absolute atomic E-state index is 12.8. The fourth-order valence-electron chi connectivity index (χ4n) is 3.88. The van der Waals surface area contributed by atoms with Gasteiger partial charge in [0, 0.05) is 43.9 Å². The number of carbonyl (C=O) groups excluding carboxylic acids is 1. The third-order valence-electron chi connectivity index (χ3n) is 5.39. The zero-order valence-electron chi connectivity index (χ0n) is 17.1. The number of piperidine rings is 1. The number of carbonyl (C=O) groups is 1. The molecule has 1 saturated heterocycles. The second-order valence-corrected chi connectivity index (χ2v) is 7.15. The summed E-state index contributed by atoms with van der Waals surface area (Å²) in [6.45, 7) is 4.85. The molecule has 150 valence electrons. The van der Waals surface area contributed by atoms with E-state index >= 15 is 0 Å². The van der Waals surface area contributed by atoms with Crippen LogP contribution >= 0.6 is 0 Å². The number of nitrogens with zero attached hydrogens (tertiary/aromatic N) is 2. The first-order chi connectivity index (χ1) is 13.7. The Morgan fingerprint density at radius 2 is 1.71 bits per heavy atom. The maximum atomic E-state index is 12.8. The number of ether oxygens (including phenoxy) is 2. The summed E-state index contributed by atoms with van der Waals surface area (Å²) >= 11 is 0. The van der Waals surface area contributed by atoms with Crippen molar-refractivity contribution in [2.45, 2.75) is 38.8 Å². The summed E-state index contributed by atoms with van der Waals surface area (Å²) < 4.78 is 10.8. The van der Waals surface area contributed by atoms with Crippen LogP contribution in [0.1, 0.15) is 31.7 Å². The molecule has 2 aromatic carbocycles. The molecule has 5 nitrogen and oxygen atoms in total. The fraction of sp³-hybridized carbons (Fsp3) is 0.435. The van der Waals surface area contributed by atoms with Crippen molar-refractivity contribution in [1.82, 2.24) is 4.90 Å². The molecule has 0 aromatic heterocycles. The van der Waals surface area contributed by atoms with E-state index in [4.69, 9.17) is 9.47 Å². The quantitative estimate of drug-likeness (QED) is 0.723. The molecule has 2 aromatic rings. The topological polar surface area (TPSA) is 42.0 Å². The maximum Gasteiger partial charge on any atom is 0.226 e.